The molecule has 0 unspecified atom stereocenters. The second-order valence-corrected chi connectivity index (χ2v) is 10.2. The number of carbonyl (C=O) groups excluding carboxylic acids is 1. The maximum absolute atomic E-state index is 13.6. The van der Waals surface area contributed by atoms with Crippen LogP contribution >= 0.6 is 23.1 Å². The van der Waals surface area contributed by atoms with Gasteiger partial charge in [-0.3, -0.25) is 14.2 Å². The quantitative estimate of drug-likeness (QED) is 0.323. The summed E-state index contributed by atoms with van der Waals surface area (Å²) in [5.74, 6) is 1.42. The van der Waals surface area contributed by atoms with Crippen molar-refractivity contribution < 1.29 is 14.3 Å². The molecule has 0 radical (unpaired) electrons. The highest BCUT2D eigenvalue weighted by Crippen LogP contribution is 2.36. The fourth-order valence-corrected chi connectivity index (χ4v) is 6.50. The van der Waals surface area contributed by atoms with Crippen molar-refractivity contribution in [2.45, 2.75) is 31.0 Å². The molecule has 0 saturated carbocycles. The van der Waals surface area contributed by atoms with E-state index in [2.05, 4.69) is 5.32 Å². The fourth-order valence-electron chi connectivity index (χ4n) is 4.36. The van der Waals surface area contributed by atoms with Crippen LogP contribution < -0.4 is 20.3 Å². The number of carbonyl (C=O) groups is 1. The van der Waals surface area contributed by atoms with Crippen LogP contribution in [0.2, 0.25) is 0 Å². The number of nitrogens with zero attached hydrogens (tertiary/aromatic N) is 2. The summed E-state index contributed by atoms with van der Waals surface area (Å²) in [6, 6.07) is 15.1. The van der Waals surface area contributed by atoms with Crippen LogP contribution in [0.15, 0.2) is 58.5 Å². The maximum Gasteiger partial charge on any atom is 0.267 e. The second kappa shape index (κ2) is 8.81. The number of nitrogens with one attached hydrogen (secondary N) is 1. The van der Waals surface area contributed by atoms with Crippen LogP contribution in [-0.4, -0.2) is 28.0 Å². The van der Waals surface area contributed by atoms with E-state index in [1.54, 1.807) is 15.9 Å². The number of aromatic nitrogens is 2. The number of amides is 1. The third-order valence-electron chi connectivity index (χ3n) is 5.98. The second-order valence-electron chi connectivity index (χ2n) is 8.16. The van der Waals surface area contributed by atoms with E-state index in [9.17, 15) is 9.59 Å². The predicted molar refractivity (Wildman–Crippen MR) is 132 cm³/mol. The number of fused-ring (bicyclic) bond motifs is 4. The van der Waals surface area contributed by atoms with Gasteiger partial charge in [-0.2, -0.15) is 0 Å². The van der Waals surface area contributed by atoms with E-state index in [-0.39, 0.29) is 24.0 Å². The van der Waals surface area contributed by atoms with Crippen molar-refractivity contribution in [3.05, 3.63) is 74.9 Å². The molecule has 0 saturated heterocycles. The van der Waals surface area contributed by atoms with Crippen molar-refractivity contribution in [2.75, 3.05) is 12.5 Å². The lowest BCUT2D eigenvalue weighted by atomic mass is 10.2. The SMILES string of the molecule is O=C(CSc1nc2sc3c(c2c(=O)n1-c1ccccc1)CCC3)NCc1ccc2c(c1)OCO2. The molecule has 1 N–H and O–H groups in total. The number of aryl methyl sites for hydroxylation is 2. The standard InChI is InChI=1S/C25H21N3O4S2/c29-21(26-12-15-9-10-18-19(11-15)32-14-31-18)13-33-25-27-23-22(17-7-4-8-20(17)34-23)24(30)28(25)16-5-2-1-3-6-16/h1-3,5-6,9-11H,4,7-8,12-14H2,(H,26,29). The molecule has 2 aliphatic rings. The average molecular weight is 492 g/mol. The lowest BCUT2D eigenvalue weighted by Gasteiger charge is -2.12. The predicted octanol–water partition coefficient (Wildman–Crippen LogP) is 4.07. The summed E-state index contributed by atoms with van der Waals surface area (Å²) >= 11 is 2.89. The summed E-state index contributed by atoms with van der Waals surface area (Å²) in [6.45, 7) is 0.598. The summed E-state index contributed by atoms with van der Waals surface area (Å²) in [4.78, 5) is 33.1. The van der Waals surface area contributed by atoms with Crippen LogP contribution in [0.1, 0.15) is 22.4 Å². The molecular weight excluding hydrogens is 470 g/mol. The zero-order valence-electron chi connectivity index (χ0n) is 18.2. The van der Waals surface area contributed by atoms with Gasteiger partial charge in [-0.15, -0.1) is 11.3 Å². The van der Waals surface area contributed by atoms with Gasteiger partial charge in [0.15, 0.2) is 16.7 Å². The van der Waals surface area contributed by atoms with E-state index in [4.69, 9.17) is 14.5 Å². The largest absolute Gasteiger partial charge is 0.454 e. The molecule has 0 bridgehead atoms. The van der Waals surface area contributed by atoms with Crippen molar-refractivity contribution in [1.82, 2.24) is 14.9 Å². The maximum atomic E-state index is 13.6. The molecule has 1 aliphatic carbocycles. The molecule has 172 valence electrons. The molecule has 9 heteroatoms. The van der Waals surface area contributed by atoms with Crippen LogP contribution in [0, 0.1) is 0 Å². The highest BCUT2D eigenvalue weighted by molar-refractivity contribution is 7.99. The molecule has 4 aromatic rings. The monoisotopic (exact) mass is 491 g/mol. The van der Waals surface area contributed by atoms with E-state index < -0.39 is 0 Å². The Morgan fingerprint density at radius 3 is 2.85 bits per heavy atom. The molecule has 3 heterocycles. The van der Waals surface area contributed by atoms with Gasteiger partial charge in [0, 0.05) is 11.4 Å². The van der Waals surface area contributed by atoms with Gasteiger partial charge in [0.2, 0.25) is 12.7 Å². The molecule has 6 rings (SSSR count). The van der Waals surface area contributed by atoms with E-state index in [1.807, 2.05) is 48.5 Å². The zero-order chi connectivity index (χ0) is 23.1. The third kappa shape index (κ3) is 3.84. The van der Waals surface area contributed by atoms with E-state index in [1.165, 1.54) is 16.6 Å². The third-order valence-corrected chi connectivity index (χ3v) is 8.11. The van der Waals surface area contributed by atoms with Gasteiger partial charge in [0.1, 0.15) is 4.83 Å². The van der Waals surface area contributed by atoms with Crippen molar-refractivity contribution >= 4 is 39.2 Å². The van der Waals surface area contributed by atoms with E-state index in [0.717, 1.165) is 46.3 Å². The Bertz CT molecular complexity index is 1460. The first-order valence-corrected chi connectivity index (χ1v) is 12.9. The van der Waals surface area contributed by atoms with Crippen molar-refractivity contribution in [1.29, 1.82) is 0 Å². The molecule has 1 aliphatic heterocycles. The topological polar surface area (TPSA) is 82.5 Å². The van der Waals surface area contributed by atoms with Crippen LogP contribution in [0.4, 0.5) is 0 Å². The van der Waals surface area contributed by atoms with E-state index >= 15 is 0 Å². The Kier molecular flexibility index (Phi) is 5.50. The summed E-state index contributed by atoms with van der Waals surface area (Å²) in [5.41, 5.74) is 2.78. The van der Waals surface area contributed by atoms with E-state index in [0.29, 0.717) is 23.2 Å². The highest BCUT2D eigenvalue weighted by atomic mass is 32.2. The summed E-state index contributed by atoms with van der Waals surface area (Å²) < 4.78 is 12.4. The molecule has 7 nitrogen and oxygen atoms in total. The zero-order valence-corrected chi connectivity index (χ0v) is 19.8. The van der Waals surface area contributed by atoms with Gasteiger partial charge in [-0.05, 0) is 54.7 Å². The van der Waals surface area contributed by atoms with Crippen LogP contribution in [0.3, 0.4) is 0 Å². The van der Waals surface area contributed by atoms with Gasteiger partial charge in [0.05, 0.1) is 16.8 Å². The number of benzene rings is 2. The van der Waals surface area contributed by atoms with Crippen molar-refractivity contribution in [2.24, 2.45) is 0 Å². The molecule has 0 fully saturated rings. The number of thioether (sulfide) groups is 1. The van der Waals surface area contributed by atoms with Gasteiger partial charge < -0.3 is 14.8 Å². The highest BCUT2D eigenvalue weighted by Gasteiger charge is 2.24. The molecule has 34 heavy (non-hydrogen) atoms. The number of hydrogen-bond acceptors (Lipinski definition) is 7. The number of thiophene rings is 1. The first-order valence-electron chi connectivity index (χ1n) is 11.1. The first-order chi connectivity index (χ1) is 16.7. The molecule has 2 aromatic carbocycles. The van der Waals surface area contributed by atoms with Gasteiger partial charge in [0.25, 0.3) is 5.56 Å². The number of rotatable bonds is 6. The van der Waals surface area contributed by atoms with Gasteiger partial charge in [-0.1, -0.05) is 36.0 Å². The Hall–Kier alpha value is -3.30. The van der Waals surface area contributed by atoms with Gasteiger partial charge >= 0.3 is 0 Å². The molecular formula is C25H21N3O4S2. The van der Waals surface area contributed by atoms with Crippen LogP contribution in [0.5, 0.6) is 11.5 Å². The smallest absolute Gasteiger partial charge is 0.267 e. The summed E-state index contributed by atoms with van der Waals surface area (Å²) in [7, 11) is 0. The Labute approximate surface area is 203 Å². The molecule has 2 aromatic heterocycles. The fraction of sp³-hybridized carbons (Fsp3) is 0.240. The van der Waals surface area contributed by atoms with Crippen molar-refractivity contribution in [3.63, 3.8) is 0 Å². The molecule has 1 amide bonds. The summed E-state index contributed by atoms with van der Waals surface area (Å²) in [5, 5.41) is 4.20. The average Bonchev–Trinajstić information content (AvgIpc) is 3.57. The Morgan fingerprint density at radius 1 is 1.12 bits per heavy atom. The minimum atomic E-state index is -0.134. The Morgan fingerprint density at radius 2 is 1.97 bits per heavy atom. The lowest BCUT2D eigenvalue weighted by molar-refractivity contribution is -0.118. The molecule has 0 spiro atoms. The molecule has 0 atom stereocenters. The number of para-hydroxylation sites is 1. The minimum Gasteiger partial charge on any atom is -0.454 e. The summed E-state index contributed by atoms with van der Waals surface area (Å²) in [6.07, 6.45) is 3.02. The van der Waals surface area contributed by atoms with Crippen LogP contribution in [-0.2, 0) is 24.2 Å². The first kappa shape index (κ1) is 21.2. The van der Waals surface area contributed by atoms with Crippen LogP contribution in [0.25, 0.3) is 15.9 Å². The number of hydrogen-bond donors (Lipinski definition) is 1. The normalized spacial score (nSPS) is 13.9. The van der Waals surface area contributed by atoms with Gasteiger partial charge in [-0.25, -0.2) is 4.98 Å². The minimum absolute atomic E-state index is 0.0566. The van der Waals surface area contributed by atoms with Crippen molar-refractivity contribution in [3.8, 4) is 17.2 Å². The Balaban J connectivity index is 1.24. The lowest BCUT2D eigenvalue weighted by Crippen LogP contribution is -2.26. The number of ether oxygens (including phenoxy) is 2.